The lowest BCUT2D eigenvalue weighted by molar-refractivity contribution is 0.422. The van der Waals surface area contributed by atoms with Gasteiger partial charge < -0.3 is 9.13 Å². The van der Waals surface area contributed by atoms with Gasteiger partial charge in [-0.3, -0.25) is 0 Å². The normalized spacial score (nSPS) is 17.7. The monoisotopic (exact) mass is 776 g/mol. The Morgan fingerprint density at radius 3 is 2.43 bits per heavy atom. The topological polar surface area (TPSA) is 35.6 Å². The van der Waals surface area contributed by atoms with E-state index in [0.717, 1.165) is 86.3 Å². The number of hydrogen-bond donors (Lipinski definition) is 0. The zero-order valence-electron chi connectivity index (χ0n) is 35.0. The Bertz CT molecular complexity index is 3260. The lowest BCUT2D eigenvalue weighted by Crippen LogP contribution is -2.29. The van der Waals surface area contributed by atoms with E-state index in [9.17, 15) is 0 Å². The summed E-state index contributed by atoms with van der Waals surface area (Å²) in [6, 6.07) is 34.8. The molecule has 60 heavy (non-hydrogen) atoms. The third kappa shape index (κ3) is 5.83. The van der Waals surface area contributed by atoms with Crippen molar-refractivity contribution in [1.29, 1.82) is 0 Å². The minimum absolute atomic E-state index is 0.265. The fraction of sp³-hybridized carbons (Fsp3) is 0.179. The number of allylic oxidation sites excluding steroid dienone is 9. The van der Waals surface area contributed by atoms with Gasteiger partial charge in [-0.25, -0.2) is 9.97 Å². The Morgan fingerprint density at radius 1 is 0.867 bits per heavy atom. The molecular weight excluding hydrogens is 729 g/mol. The molecule has 10 rings (SSSR count). The van der Waals surface area contributed by atoms with Crippen LogP contribution in [0.3, 0.4) is 0 Å². The van der Waals surface area contributed by atoms with E-state index >= 15 is 0 Å². The van der Waals surface area contributed by atoms with Crippen LogP contribution in [-0.4, -0.2) is 19.1 Å². The smallest absolute Gasteiger partial charge is 0.160 e. The summed E-state index contributed by atoms with van der Waals surface area (Å²) in [5, 5.41) is 4.76. The van der Waals surface area contributed by atoms with Gasteiger partial charge in [0.05, 0.1) is 44.6 Å². The number of hydrogen-bond acceptors (Lipinski definition) is 2. The van der Waals surface area contributed by atoms with Gasteiger partial charge in [0.1, 0.15) is 0 Å². The number of benzene rings is 5. The van der Waals surface area contributed by atoms with E-state index in [1.807, 2.05) is 6.07 Å². The van der Waals surface area contributed by atoms with Crippen molar-refractivity contribution in [3.05, 3.63) is 174 Å². The van der Waals surface area contributed by atoms with Crippen molar-refractivity contribution in [3.8, 4) is 40.5 Å². The number of aromatic nitrogens is 4. The van der Waals surface area contributed by atoms with Crippen LogP contribution < -0.4 is 0 Å². The first-order chi connectivity index (χ1) is 29.3. The Balaban J connectivity index is 1.19. The lowest BCUT2D eigenvalue weighted by atomic mass is 9.92. The highest BCUT2D eigenvalue weighted by Gasteiger charge is 2.32. The molecule has 3 heterocycles. The number of aryl methyl sites for hydroxylation is 2. The Labute approximate surface area is 352 Å². The molecule has 2 aliphatic rings. The Kier molecular flexibility index (Phi) is 9.14. The van der Waals surface area contributed by atoms with Gasteiger partial charge in [0.2, 0.25) is 0 Å². The molecule has 0 saturated carbocycles. The molecule has 4 heteroatoms. The maximum Gasteiger partial charge on any atom is 0.160 e. The largest absolute Gasteiger partial charge is 0.329 e. The molecule has 0 aliphatic heterocycles. The highest BCUT2D eigenvalue weighted by Crippen LogP contribution is 2.45. The van der Waals surface area contributed by atoms with E-state index in [1.54, 1.807) is 0 Å². The molecule has 2 aliphatic carbocycles. The molecular formula is C56H48N4. The van der Waals surface area contributed by atoms with E-state index in [0.29, 0.717) is 5.92 Å². The molecule has 0 amide bonds. The molecule has 2 atom stereocenters. The molecule has 2 unspecified atom stereocenters. The molecule has 0 bridgehead atoms. The van der Waals surface area contributed by atoms with E-state index in [4.69, 9.17) is 16.4 Å². The zero-order chi connectivity index (χ0) is 41.1. The number of rotatable bonds is 7. The second kappa shape index (κ2) is 14.7. The molecule has 0 N–H and O–H groups in total. The molecule has 292 valence electrons. The van der Waals surface area contributed by atoms with Crippen molar-refractivity contribution in [3.63, 3.8) is 0 Å². The van der Waals surface area contributed by atoms with Gasteiger partial charge in [-0.1, -0.05) is 141 Å². The summed E-state index contributed by atoms with van der Waals surface area (Å²) in [5.41, 5.74) is 15.0. The quantitative estimate of drug-likeness (QED) is 0.151. The SMILES string of the molecule is C#Cc1c(-c2ccc(-c3nc(C4=CCC(C)C=C4)c4ccccc4n3)cc2C)cccc1-n1c2ccccc2c2ccc3c(CC)c(/C=C\C)n(C4(C)C=CC=CC4)c3c21. The van der Waals surface area contributed by atoms with Gasteiger partial charge in [0.25, 0.3) is 0 Å². The summed E-state index contributed by atoms with van der Waals surface area (Å²) in [5.74, 6) is 4.45. The van der Waals surface area contributed by atoms with E-state index in [-0.39, 0.29) is 5.54 Å². The number of fused-ring (bicyclic) bond motifs is 6. The molecule has 0 fully saturated rings. The predicted octanol–water partition coefficient (Wildman–Crippen LogP) is 14.1. The third-order valence-electron chi connectivity index (χ3n) is 12.7. The minimum Gasteiger partial charge on any atom is -0.329 e. The first-order valence-electron chi connectivity index (χ1n) is 21.3. The van der Waals surface area contributed by atoms with Crippen LogP contribution in [0.1, 0.15) is 68.6 Å². The third-order valence-corrected chi connectivity index (χ3v) is 12.7. The molecule has 3 aromatic heterocycles. The van der Waals surface area contributed by atoms with Gasteiger partial charge in [-0.15, -0.1) is 6.42 Å². The zero-order valence-corrected chi connectivity index (χ0v) is 35.0. The van der Waals surface area contributed by atoms with Crippen LogP contribution in [0.2, 0.25) is 0 Å². The summed E-state index contributed by atoms with van der Waals surface area (Å²) in [7, 11) is 0. The predicted molar refractivity (Wildman–Crippen MR) is 254 cm³/mol. The maximum absolute atomic E-state index is 6.65. The first-order valence-corrected chi connectivity index (χ1v) is 21.3. The van der Waals surface area contributed by atoms with Crippen LogP contribution in [0, 0.1) is 25.2 Å². The summed E-state index contributed by atoms with van der Waals surface area (Å²) in [4.78, 5) is 10.3. The van der Waals surface area contributed by atoms with Gasteiger partial charge in [-0.2, -0.15) is 0 Å². The second-order valence-electron chi connectivity index (χ2n) is 16.6. The van der Waals surface area contributed by atoms with Crippen molar-refractivity contribution in [2.75, 3.05) is 0 Å². The average Bonchev–Trinajstić information content (AvgIpc) is 3.79. The summed E-state index contributed by atoms with van der Waals surface area (Å²) in [6.45, 7) is 11.2. The molecule has 0 saturated heterocycles. The van der Waals surface area contributed by atoms with Crippen LogP contribution in [0.5, 0.6) is 0 Å². The van der Waals surface area contributed by atoms with Crippen molar-refractivity contribution in [2.24, 2.45) is 5.92 Å². The fourth-order valence-corrected chi connectivity index (χ4v) is 9.81. The van der Waals surface area contributed by atoms with Crippen molar-refractivity contribution in [2.45, 2.75) is 59.4 Å². The molecule has 4 nitrogen and oxygen atoms in total. The number of terminal acetylenes is 1. The van der Waals surface area contributed by atoms with Crippen molar-refractivity contribution < 1.29 is 0 Å². The fourth-order valence-electron chi connectivity index (χ4n) is 9.81. The molecule has 0 radical (unpaired) electrons. The van der Waals surface area contributed by atoms with Crippen LogP contribution >= 0.6 is 0 Å². The maximum atomic E-state index is 6.65. The van der Waals surface area contributed by atoms with Crippen LogP contribution in [0.25, 0.3) is 83.5 Å². The number of nitrogens with zero attached hydrogens (tertiary/aromatic N) is 4. The van der Waals surface area contributed by atoms with E-state index in [2.05, 4.69) is 195 Å². The summed E-state index contributed by atoms with van der Waals surface area (Å²) in [6.07, 6.45) is 29.7. The van der Waals surface area contributed by atoms with Gasteiger partial charge in [-0.05, 0) is 104 Å². The summed E-state index contributed by atoms with van der Waals surface area (Å²) < 4.78 is 5.04. The first kappa shape index (κ1) is 37.3. The van der Waals surface area contributed by atoms with Crippen LogP contribution in [0.4, 0.5) is 0 Å². The van der Waals surface area contributed by atoms with E-state index in [1.165, 1.54) is 38.4 Å². The standard InChI is InChI=1S/C56H48N4/c1-7-18-51-41(9-3)45-31-32-46-44-19-12-14-23-50(44)59(53(46)54(45)60(51)56(6)33-15-10-16-34-56)49-24-17-21-43(40(49)8-2)42-30-29-39(35-37(42)5)55-57-48-22-13-11-20-47(48)52(58-55)38-27-25-36(4)26-28-38/h2,7,10-25,27-33,35-36H,9,26,34H2,1,3-6H3/b18-7-. The van der Waals surface area contributed by atoms with Gasteiger partial charge in [0.15, 0.2) is 5.82 Å². The van der Waals surface area contributed by atoms with Gasteiger partial charge in [0, 0.05) is 32.8 Å². The number of para-hydroxylation sites is 2. The molecule has 0 spiro atoms. The second-order valence-corrected chi connectivity index (χ2v) is 16.6. The van der Waals surface area contributed by atoms with Crippen molar-refractivity contribution in [1.82, 2.24) is 19.1 Å². The van der Waals surface area contributed by atoms with Gasteiger partial charge >= 0.3 is 0 Å². The highest BCUT2D eigenvalue weighted by atomic mass is 15.1. The van der Waals surface area contributed by atoms with Crippen LogP contribution in [-0.2, 0) is 12.0 Å². The van der Waals surface area contributed by atoms with E-state index < -0.39 is 0 Å². The lowest BCUT2D eigenvalue weighted by Gasteiger charge is -2.32. The average molecular weight is 777 g/mol. The highest BCUT2D eigenvalue weighted by molar-refractivity contribution is 6.19. The minimum atomic E-state index is -0.265. The van der Waals surface area contributed by atoms with Crippen LogP contribution in [0.15, 0.2) is 146 Å². The molecule has 5 aromatic carbocycles. The summed E-state index contributed by atoms with van der Waals surface area (Å²) >= 11 is 0. The Hall–Kier alpha value is -6.96. The Morgan fingerprint density at radius 2 is 1.68 bits per heavy atom. The molecule has 8 aromatic rings. The van der Waals surface area contributed by atoms with Crippen molar-refractivity contribution >= 4 is 55.3 Å².